The van der Waals surface area contributed by atoms with E-state index in [2.05, 4.69) is 82.8 Å². The Morgan fingerprint density at radius 3 is 2.35 bits per heavy atom. The maximum absolute atomic E-state index is 5.56. The van der Waals surface area contributed by atoms with Crippen molar-refractivity contribution in [1.29, 1.82) is 0 Å². The molecule has 0 radical (unpaired) electrons. The second-order valence-corrected chi connectivity index (χ2v) is 7.03. The highest BCUT2D eigenvalue weighted by atomic mass is 79.9. The van der Waals surface area contributed by atoms with Crippen molar-refractivity contribution < 1.29 is 4.42 Å². The number of rotatable bonds is 2. The zero-order chi connectivity index (χ0) is 12.6. The van der Waals surface area contributed by atoms with Crippen molar-refractivity contribution in [3.05, 3.63) is 54.8 Å². The summed E-state index contributed by atoms with van der Waals surface area (Å²) >= 11 is 14.1. The molecule has 0 saturated carbocycles. The van der Waals surface area contributed by atoms with Crippen molar-refractivity contribution in [2.45, 2.75) is 11.8 Å². The third-order valence-electron chi connectivity index (χ3n) is 2.39. The number of hydrogen-bond acceptors (Lipinski definition) is 1. The Morgan fingerprint density at radius 1 is 1.06 bits per heavy atom. The Bertz CT molecular complexity index is 547. The van der Waals surface area contributed by atoms with Gasteiger partial charge in [-0.05, 0) is 58.2 Å². The van der Waals surface area contributed by atoms with Crippen molar-refractivity contribution in [1.82, 2.24) is 0 Å². The molecule has 5 heteroatoms. The molecule has 0 fully saturated rings. The van der Waals surface area contributed by atoms with E-state index in [4.69, 9.17) is 4.42 Å². The Morgan fingerprint density at radius 2 is 1.76 bits per heavy atom. The van der Waals surface area contributed by atoms with E-state index >= 15 is 0 Å². The summed E-state index contributed by atoms with van der Waals surface area (Å²) in [5.74, 6) is 0.869. The van der Waals surface area contributed by atoms with Crippen LogP contribution in [0, 0.1) is 6.92 Å². The van der Waals surface area contributed by atoms with Crippen LogP contribution in [-0.2, 0) is 0 Å². The summed E-state index contributed by atoms with van der Waals surface area (Å²) in [6.07, 6.45) is 0. The summed E-state index contributed by atoms with van der Waals surface area (Å²) in [4.78, 5) is 0.0278. The molecule has 0 amide bonds. The second-order valence-electron chi connectivity index (χ2n) is 3.63. The quantitative estimate of drug-likeness (QED) is 0.449. The van der Waals surface area contributed by atoms with E-state index in [-0.39, 0.29) is 4.83 Å². The van der Waals surface area contributed by atoms with Crippen LogP contribution in [0.3, 0.4) is 0 Å². The van der Waals surface area contributed by atoms with Gasteiger partial charge in [-0.1, -0.05) is 47.8 Å². The van der Waals surface area contributed by atoms with E-state index in [0.717, 1.165) is 24.9 Å². The molecule has 2 rings (SSSR count). The van der Waals surface area contributed by atoms with Gasteiger partial charge in [0.15, 0.2) is 4.67 Å². The minimum Gasteiger partial charge on any atom is -0.453 e. The van der Waals surface area contributed by atoms with E-state index < -0.39 is 0 Å². The Balaban J connectivity index is 2.43. The van der Waals surface area contributed by atoms with Gasteiger partial charge in [-0.3, -0.25) is 0 Å². The van der Waals surface area contributed by atoms with Gasteiger partial charge in [-0.25, -0.2) is 0 Å². The predicted octanol–water partition coefficient (Wildman–Crippen LogP) is 6.36. The third-order valence-corrected chi connectivity index (χ3v) is 5.31. The summed E-state index contributed by atoms with van der Waals surface area (Å²) in [7, 11) is 0. The van der Waals surface area contributed by atoms with Gasteiger partial charge in [0.25, 0.3) is 0 Å². The van der Waals surface area contributed by atoms with Crippen LogP contribution >= 0.6 is 63.7 Å². The van der Waals surface area contributed by atoms with Crippen molar-refractivity contribution in [2.75, 3.05) is 0 Å². The van der Waals surface area contributed by atoms with Gasteiger partial charge in [0.2, 0.25) is 0 Å². The fraction of sp³-hybridized carbons (Fsp3) is 0.167. The first-order valence-electron chi connectivity index (χ1n) is 4.84. The van der Waals surface area contributed by atoms with Crippen LogP contribution in [-0.4, -0.2) is 0 Å². The fourth-order valence-electron chi connectivity index (χ4n) is 1.47. The molecular formula is C12H8Br4O. The molecule has 0 spiro atoms. The number of furan rings is 1. The van der Waals surface area contributed by atoms with Crippen molar-refractivity contribution in [3.63, 3.8) is 0 Å². The van der Waals surface area contributed by atoms with Gasteiger partial charge >= 0.3 is 0 Å². The second kappa shape index (κ2) is 5.59. The average molecular weight is 488 g/mol. The summed E-state index contributed by atoms with van der Waals surface area (Å²) in [6.45, 7) is 2.06. The number of aryl methyl sites for hydroxylation is 1. The molecular weight excluding hydrogens is 480 g/mol. The molecule has 0 aliphatic heterocycles. The highest BCUT2D eigenvalue weighted by Crippen LogP contribution is 2.39. The summed E-state index contributed by atoms with van der Waals surface area (Å²) in [5.41, 5.74) is 2.32. The SMILES string of the molecule is Cc1cc(Br)c(C(Br)c2ccc(Br)o2)cc1Br. The Hall–Kier alpha value is 0.420. The van der Waals surface area contributed by atoms with Gasteiger partial charge in [-0.2, -0.15) is 0 Å². The summed E-state index contributed by atoms with van der Waals surface area (Å²) in [6, 6.07) is 8.02. The zero-order valence-corrected chi connectivity index (χ0v) is 15.2. The van der Waals surface area contributed by atoms with Crippen molar-refractivity contribution in [3.8, 4) is 0 Å². The number of halogens is 4. The lowest BCUT2D eigenvalue weighted by molar-refractivity contribution is 0.497. The van der Waals surface area contributed by atoms with Crippen LogP contribution in [0.5, 0.6) is 0 Å². The maximum atomic E-state index is 5.56. The Kier molecular flexibility index (Phi) is 4.55. The molecule has 0 aliphatic carbocycles. The van der Waals surface area contributed by atoms with Gasteiger partial charge < -0.3 is 4.42 Å². The third kappa shape index (κ3) is 3.06. The van der Waals surface area contributed by atoms with Crippen LogP contribution in [0.4, 0.5) is 0 Å². The van der Waals surface area contributed by atoms with Gasteiger partial charge in [0.1, 0.15) is 5.76 Å². The molecule has 0 saturated heterocycles. The molecule has 90 valence electrons. The summed E-state index contributed by atoms with van der Waals surface area (Å²) in [5, 5.41) is 0. The molecule has 1 aromatic carbocycles. The van der Waals surface area contributed by atoms with E-state index in [0.29, 0.717) is 0 Å². The molecule has 17 heavy (non-hydrogen) atoms. The van der Waals surface area contributed by atoms with Gasteiger partial charge in [0.05, 0.1) is 4.83 Å². The Labute approximate surface area is 133 Å². The fourth-order valence-corrected chi connectivity index (χ4v) is 3.77. The summed E-state index contributed by atoms with van der Waals surface area (Å²) < 4.78 is 8.45. The molecule has 1 aromatic heterocycles. The molecule has 1 unspecified atom stereocenters. The smallest absolute Gasteiger partial charge is 0.169 e. The standard InChI is InChI=1S/C12H8Br4O/c1-6-4-9(14)7(5-8(6)13)12(16)10-2-3-11(15)17-10/h2-5,12H,1H3. The van der Waals surface area contributed by atoms with E-state index in [1.165, 1.54) is 5.56 Å². The number of hydrogen-bond donors (Lipinski definition) is 0. The first-order valence-corrected chi connectivity index (χ1v) is 8.13. The zero-order valence-electron chi connectivity index (χ0n) is 8.81. The minimum absolute atomic E-state index is 0.0278. The topological polar surface area (TPSA) is 13.1 Å². The number of benzene rings is 1. The largest absolute Gasteiger partial charge is 0.453 e. The van der Waals surface area contributed by atoms with E-state index in [1.54, 1.807) is 0 Å². The predicted molar refractivity (Wildman–Crippen MR) is 83.8 cm³/mol. The van der Waals surface area contributed by atoms with Crippen LogP contribution in [0.2, 0.25) is 0 Å². The molecule has 1 nitrogen and oxygen atoms in total. The monoisotopic (exact) mass is 484 g/mol. The van der Waals surface area contributed by atoms with Crippen LogP contribution in [0.25, 0.3) is 0 Å². The lowest BCUT2D eigenvalue weighted by Crippen LogP contribution is -1.93. The normalized spacial score (nSPS) is 12.8. The molecule has 2 aromatic rings. The lowest BCUT2D eigenvalue weighted by atomic mass is 10.1. The molecule has 0 bridgehead atoms. The van der Waals surface area contributed by atoms with Gasteiger partial charge in [-0.15, -0.1) is 0 Å². The van der Waals surface area contributed by atoms with Crippen molar-refractivity contribution >= 4 is 63.7 Å². The average Bonchev–Trinajstić information content (AvgIpc) is 2.69. The van der Waals surface area contributed by atoms with E-state index in [9.17, 15) is 0 Å². The molecule has 0 N–H and O–H groups in total. The maximum Gasteiger partial charge on any atom is 0.169 e. The molecule has 1 heterocycles. The molecule has 1 atom stereocenters. The first-order chi connectivity index (χ1) is 7.99. The number of alkyl halides is 1. The van der Waals surface area contributed by atoms with Crippen molar-refractivity contribution in [2.24, 2.45) is 0 Å². The highest BCUT2D eigenvalue weighted by molar-refractivity contribution is 9.11. The first kappa shape index (κ1) is 13.8. The van der Waals surface area contributed by atoms with Crippen LogP contribution < -0.4 is 0 Å². The lowest BCUT2D eigenvalue weighted by Gasteiger charge is -2.12. The van der Waals surface area contributed by atoms with Crippen LogP contribution in [0.15, 0.2) is 42.3 Å². The highest BCUT2D eigenvalue weighted by Gasteiger charge is 2.18. The minimum atomic E-state index is 0.0278. The molecule has 0 aliphatic rings. The van der Waals surface area contributed by atoms with E-state index in [1.807, 2.05) is 12.1 Å². The van der Waals surface area contributed by atoms with Gasteiger partial charge in [0, 0.05) is 8.95 Å². The van der Waals surface area contributed by atoms with Crippen LogP contribution in [0.1, 0.15) is 21.7 Å².